The molecule has 0 aliphatic carbocycles. The molecule has 0 saturated carbocycles. The molecule has 0 radical (unpaired) electrons. The number of nitrogens with zero attached hydrogens (tertiary/aromatic N) is 6. The summed E-state index contributed by atoms with van der Waals surface area (Å²) in [5.74, 6) is 0.0263. The molecular formula is C29H31Cl3N6O4. The summed E-state index contributed by atoms with van der Waals surface area (Å²) in [6.07, 6.45) is 4.80. The van der Waals surface area contributed by atoms with Gasteiger partial charge in [0, 0.05) is 30.7 Å². The maximum atomic E-state index is 13.1. The number of ether oxygens (including phenoxy) is 1. The Morgan fingerprint density at radius 2 is 1.67 bits per heavy atom. The van der Waals surface area contributed by atoms with Gasteiger partial charge < -0.3 is 19.4 Å². The van der Waals surface area contributed by atoms with Gasteiger partial charge in [-0.25, -0.2) is 4.68 Å². The van der Waals surface area contributed by atoms with Crippen molar-refractivity contribution in [2.75, 3.05) is 26.2 Å². The number of hydrogen-bond donors (Lipinski definition) is 0. The number of carbonyl (C=O) groups is 3. The summed E-state index contributed by atoms with van der Waals surface area (Å²) in [6.45, 7) is 4.99. The Kier molecular flexibility index (Phi) is 9.25. The summed E-state index contributed by atoms with van der Waals surface area (Å²) in [7, 11) is 0. The van der Waals surface area contributed by atoms with E-state index in [0.29, 0.717) is 50.9 Å². The third kappa shape index (κ3) is 6.66. The largest absolute Gasteiger partial charge is 0.484 e. The van der Waals surface area contributed by atoms with E-state index in [1.807, 2.05) is 4.90 Å². The third-order valence-electron chi connectivity index (χ3n) is 7.68. The number of carbonyl (C=O) groups excluding carboxylic acids is 3. The van der Waals surface area contributed by atoms with Gasteiger partial charge in [0.2, 0.25) is 5.91 Å². The van der Waals surface area contributed by atoms with Gasteiger partial charge in [0.1, 0.15) is 18.0 Å². The Morgan fingerprint density at radius 3 is 2.36 bits per heavy atom. The maximum absolute atomic E-state index is 13.1. The van der Waals surface area contributed by atoms with E-state index in [1.165, 1.54) is 15.6 Å². The Labute approximate surface area is 259 Å². The quantitative estimate of drug-likeness (QED) is 0.344. The lowest BCUT2D eigenvalue weighted by molar-refractivity contribution is -0.139. The molecule has 5 rings (SSSR count). The highest BCUT2D eigenvalue weighted by Crippen LogP contribution is 2.31. The van der Waals surface area contributed by atoms with Crippen LogP contribution < -0.4 is 4.74 Å². The van der Waals surface area contributed by atoms with Crippen molar-refractivity contribution in [1.29, 1.82) is 0 Å². The fourth-order valence-electron chi connectivity index (χ4n) is 5.43. The van der Waals surface area contributed by atoms with Crippen LogP contribution in [0.3, 0.4) is 0 Å². The molecule has 0 bridgehead atoms. The van der Waals surface area contributed by atoms with E-state index in [4.69, 9.17) is 39.5 Å². The normalized spacial score (nSPS) is 19.3. The second-order valence-electron chi connectivity index (χ2n) is 10.7. The lowest BCUT2D eigenvalue weighted by atomic mass is 9.97. The molecule has 3 amide bonds. The Morgan fingerprint density at radius 1 is 0.976 bits per heavy atom. The molecule has 13 heteroatoms. The molecule has 3 aromatic rings. The average molecular weight is 634 g/mol. The molecule has 0 spiro atoms. The van der Waals surface area contributed by atoms with Gasteiger partial charge in [-0.05, 0) is 69.5 Å². The minimum Gasteiger partial charge on any atom is -0.484 e. The van der Waals surface area contributed by atoms with Gasteiger partial charge in [-0.15, -0.1) is 5.10 Å². The SMILES string of the molecule is CC1CCCC(C)N1C(=O)COc1ccc(C(=O)N2CCN(Cc3cn(-c4cc(Cl)c(Cl)cc4Cl)nn3)C(=O)C2)cc1. The van der Waals surface area contributed by atoms with Crippen molar-refractivity contribution in [2.24, 2.45) is 0 Å². The first-order chi connectivity index (χ1) is 20.1. The smallest absolute Gasteiger partial charge is 0.260 e. The van der Waals surface area contributed by atoms with E-state index < -0.39 is 0 Å². The Hall–Kier alpha value is -3.34. The molecule has 0 N–H and O–H groups in total. The van der Waals surface area contributed by atoms with Crippen molar-refractivity contribution < 1.29 is 19.1 Å². The molecule has 2 unspecified atom stereocenters. The first-order valence-corrected chi connectivity index (χ1v) is 14.9. The van der Waals surface area contributed by atoms with E-state index >= 15 is 0 Å². The lowest BCUT2D eigenvalue weighted by Gasteiger charge is -2.38. The summed E-state index contributed by atoms with van der Waals surface area (Å²) in [5.41, 5.74) is 1.51. The number of hydrogen-bond acceptors (Lipinski definition) is 6. The minimum absolute atomic E-state index is 0.0352. The second-order valence-corrected chi connectivity index (χ2v) is 11.9. The van der Waals surface area contributed by atoms with E-state index in [2.05, 4.69) is 24.2 Å². The molecule has 2 aliphatic heterocycles. The molecule has 2 atom stereocenters. The third-order valence-corrected chi connectivity index (χ3v) is 8.71. The molecule has 2 fully saturated rings. The Balaban J connectivity index is 1.13. The topological polar surface area (TPSA) is 101 Å². The van der Waals surface area contributed by atoms with E-state index in [1.54, 1.807) is 41.4 Å². The minimum atomic E-state index is -0.248. The summed E-state index contributed by atoms with van der Waals surface area (Å²) in [5, 5.41) is 9.27. The van der Waals surface area contributed by atoms with E-state index in [-0.39, 0.29) is 49.5 Å². The average Bonchev–Trinajstić information content (AvgIpc) is 3.43. The standard InChI is InChI=1S/C29H31Cl3N6O4/c1-18-4-3-5-19(2)38(18)28(40)17-42-22-8-6-20(7-9-22)29(41)36-11-10-35(27(39)16-36)14-21-15-37(34-33-21)26-13-24(31)23(30)12-25(26)32/h6-9,12-13,15,18-19H,3-5,10-11,14,16-17H2,1-2H3. The van der Waals surface area contributed by atoms with Gasteiger partial charge in [0.25, 0.3) is 11.8 Å². The van der Waals surface area contributed by atoms with Crippen LogP contribution in [0.4, 0.5) is 0 Å². The molecule has 1 aromatic heterocycles. The van der Waals surface area contributed by atoms with Crippen LogP contribution in [0.5, 0.6) is 5.75 Å². The number of rotatable bonds is 7. The monoisotopic (exact) mass is 632 g/mol. The number of amides is 3. The van der Waals surface area contributed by atoms with Crippen molar-refractivity contribution in [3.63, 3.8) is 0 Å². The molecule has 42 heavy (non-hydrogen) atoms. The van der Waals surface area contributed by atoms with Crippen LogP contribution in [-0.2, 0) is 16.1 Å². The number of likely N-dealkylation sites (tertiary alicyclic amines) is 1. The number of piperazine rings is 1. The van der Waals surface area contributed by atoms with Crippen LogP contribution in [0.1, 0.15) is 49.2 Å². The van der Waals surface area contributed by atoms with Crippen molar-refractivity contribution in [2.45, 2.75) is 51.7 Å². The van der Waals surface area contributed by atoms with E-state index in [0.717, 1.165) is 19.3 Å². The van der Waals surface area contributed by atoms with Crippen molar-refractivity contribution >= 4 is 52.5 Å². The van der Waals surface area contributed by atoms with Crippen molar-refractivity contribution in [3.05, 3.63) is 68.9 Å². The zero-order valence-corrected chi connectivity index (χ0v) is 25.6. The lowest BCUT2D eigenvalue weighted by Crippen LogP contribution is -2.51. The van der Waals surface area contributed by atoms with Gasteiger partial charge in [0.15, 0.2) is 6.61 Å². The van der Waals surface area contributed by atoms with Gasteiger partial charge in [-0.3, -0.25) is 14.4 Å². The fourth-order valence-corrected chi connectivity index (χ4v) is 6.06. The second kappa shape index (κ2) is 12.9. The van der Waals surface area contributed by atoms with Crippen LogP contribution in [-0.4, -0.2) is 85.7 Å². The summed E-state index contributed by atoms with van der Waals surface area (Å²) < 4.78 is 7.20. The molecule has 3 heterocycles. The van der Waals surface area contributed by atoms with Crippen LogP contribution in [0.2, 0.25) is 15.1 Å². The van der Waals surface area contributed by atoms with Crippen LogP contribution >= 0.6 is 34.8 Å². The summed E-state index contributed by atoms with van der Waals surface area (Å²) in [6, 6.07) is 10.2. The molecule has 10 nitrogen and oxygen atoms in total. The predicted octanol–water partition coefficient (Wildman–Crippen LogP) is 4.88. The zero-order valence-electron chi connectivity index (χ0n) is 23.3. The number of halogens is 3. The summed E-state index contributed by atoms with van der Waals surface area (Å²) >= 11 is 18.4. The number of aromatic nitrogens is 3. The first kappa shape index (κ1) is 30.1. The first-order valence-electron chi connectivity index (χ1n) is 13.8. The van der Waals surface area contributed by atoms with Gasteiger partial charge in [0.05, 0.1) is 33.5 Å². The predicted molar refractivity (Wildman–Crippen MR) is 159 cm³/mol. The maximum Gasteiger partial charge on any atom is 0.260 e. The van der Waals surface area contributed by atoms with Crippen molar-refractivity contribution in [3.8, 4) is 11.4 Å². The van der Waals surface area contributed by atoms with Crippen LogP contribution in [0.25, 0.3) is 5.69 Å². The molecule has 2 aliphatic rings. The highest BCUT2D eigenvalue weighted by molar-refractivity contribution is 6.43. The van der Waals surface area contributed by atoms with Gasteiger partial charge >= 0.3 is 0 Å². The van der Waals surface area contributed by atoms with Crippen molar-refractivity contribution in [1.82, 2.24) is 29.7 Å². The summed E-state index contributed by atoms with van der Waals surface area (Å²) in [4.78, 5) is 43.8. The Bertz CT molecular complexity index is 1470. The number of piperidine rings is 1. The highest BCUT2D eigenvalue weighted by atomic mass is 35.5. The molecule has 2 aromatic carbocycles. The van der Waals surface area contributed by atoms with Gasteiger partial charge in [-0.2, -0.15) is 0 Å². The molecular weight excluding hydrogens is 603 g/mol. The fraction of sp³-hybridized carbons (Fsp3) is 0.414. The molecule has 222 valence electrons. The molecule has 2 saturated heterocycles. The van der Waals surface area contributed by atoms with Gasteiger partial charge in [-0.1, -0.05) is 40.0 Å². The van der Waals surface area contributed by atoms with Crippen LogP contribution in [0, 0.1) is 0 Å². The highest BCUT2D eigenvalue weighted by Gasteiger charge is 2.30. The van der Waals surface area contributed by atoms with Crippen LogP contribution in [0.15, 0.2) is 42.6 Å². The van der Waals surface area contributed by atoms with E-state index in [9.17, 15) is 14.4 Å². The zero-order chi connectivity index (χ0) is 30.0. The number of benzene rings is 2.